The zero-order valence-electron chi connectivity index (χ0n) is 8.53. The third-order valence-electron chi connectivity index (χ3n) is 3.22. The fourth-order valence-corrected chi connectivity index (χ4v) is 5.70. The molecule has 72 valence electrons. The molecule has 0 aromatic heterocycles. The van der Waals surface area contributed by atoms with Crippen molar-refractivity contribution in [2.24, 2.45) is 0 Å². The van der Waals surface area contributed by atoms with Gasteiger partial charge in [-0.25, -0.2) is 12.1 Å². The first-order chi connectivity index (χ1) is 6.36. The number of hydrogen-bond donors (Lipinski definition) is 0. The van der Waals surface area contributed by atoms with Gasteiger partial charge in [0.2, 0.25) is 0 Å². The van der Waals surface area contributed by atoms with Crippen molar-refractivity contribution < 1.29 is 0 Å². The van der Waals surface area contributed by atoms with Gasteiger partial charge in [-0.1, -0.05) is 13.8 Å². The summed E-state index contributed by atoms with van der Waals surface area (Å²) in [5.74, 6) is 0. The minimum absolute atomic E-state index is 0.217. The zero-order valence-corrected chi connectivity index (χ0v) is 9.43. The molecule has 1 fully saturated rings. The van der Waals surface area contributed by atoms with E-state index in [4.69, 9.17) is 0 Å². The summed E-state index contributed by atoms with van der Waals surface area (Å²) in [6.45, 7) is 4.68. The fraction of sp³-hybridized carbons (Fsp3) is 0.583. The second kappa shape index (κ2) is 3.88. The van der Waals surface area contributed by atoms with Gasteiger partial charge in [-0.15, -0.1) is 13.2 Å². The predicted molar refractivity (Wildman–Crippen MR) is 61.4 cm³/mol. The van der Waals surface area contributed by atoms with Crippen LogP contribution in [0.1, 0.15) is 33.1 Å². The third-order valence-corrected chi connectivity index (χ3v) is 6.84. The molecule has 0 radical (unpaired) electrons. The predicted octanol–water partition coefficient (Wildman–Crippen LogP) is 3.47. The van der Waals surface area contributed by atoms with Gasteiger partial charge in [0.15, 0.2) is 0 Å². The molecule has 0 nitrogen and oxygen atoms in total. The summed E-state index contributed by atoms with van der Waals surface area (Å²) in [7, 11) is 0.217. The normalized spacial score (nSPS) is 28.8. The molecule has 2 rings (SSSR count). The topological polar surface area (TPSA) is 0 Å². The summed E-state index contributed by atoms with van der Waals surface area (Å²) >= 11 is 0. The van der Waals surface area contributed by atoms with Crippen LogP contribution in [0.25, 0.3) is 0 Å². The lowest BCUT2D eigenvalue weighted by molar-refractivity contribution is 0.610. The van der Waals surface area contributed by atoms with Gasteiger partial charge in [-0.2, -0.15) is 12.1 Å². The maximum Gasteiger partial charge on any atom is -0.0269 e. The summed E-state index contributed by atoms with van der Waals surface area (Å²) in [5, 5.41) is 1.65. The van der Waals surface area contributed by atoms with Crippen LogP contribution in [0, 0.1) is 0 Å². The minimum Gasteiger partial charge on any atom is -0.213 e. The molecule has 1 aliphatic heterocycles. The van der Waals surface area contributed by atoms with E-state index in [-0.39, 0.29) is 7.92 Å². The molecule has 13 heavy (non-hydrogen) atoms. The largest absolute Gasteiger partial charge is 0.213 e. The summed E-state index contributed by atoms with van der Waals surface area (Å²) < 4.78 is 0. The van der Waals surface area contributed by atoms with Gasteiger partial charge >= 0.3 is 0 Å². The van der Waals surface area contributed by atoms with Crippen molar-refractivity contribution in [2.75, 3.05) is 0 Å². The Kier molecular flexibility index (Phi) is 2.79. The minimum atomic E-state index is 0.217. The highest BCUT2D eigenvalue weighted by Crippen LogP contribution is 2.60. The van der Waals surface area contributed by atoms with Gasteiger partial charge in [-0.05, 0) is 30.6 Å². The number of rotatable bonds is 3. The van der Waals surface area contributed by atoms with Crippen molar-refractivity contribution in [1.82, 2.24) is 0 Å². The molecule has 1 heteroatoms. The third kappa shape index (κ3) is 1.57. The summed E-state index contributed by atoms with van der Waals surface area (Å²) in [6.07, 6.45) is 4.25. The van der Waals surface area contributed by atoms with Crippen molar-refractivity contribution in [3.8, 4) is 0 Å². The van der Waals surface area contributed by atoms with E-state index in [1.54, 1.807) is 5.30 Å². The summed E-state index contributed by atoms with van der Waals surface area (Å²) in [6, 6.07) is 9.04. The van der Waals surface area contributed by atoms with E-state index in [2.05, 4.69) is 38.1 Å². The van der Waals surface area contributed by atoms with Crippen molar-refractivity contribution in [2.45, 2.75) is 44.4 Å². The Balaban J connectivity index is 2.11. The molecule has 1 aromatic rings. The van der Waals surface area contributed by atoms with E-state index < -0.39 is 0 Å². The first-order valence-electron chi connectivity index (χ1n) is 5.36. The van der Waals surface area contributed by atoms with Crippen LogP contribution in [0.4, 0.5) is 0 Å². The van der Waals surface area contributed by atoms with Gasteiger partial charge in [0, 0.05) is 0 Å². The van der Waals surface area contributed by atoms with Crippen LogP contribution in [-0.2, 0) is 0 Å². The van der Waals surface area contributed by atoms with E-state index >= 15 is 0 Å². The molecular formula is C12H18P-. The van der Waals surface area contributed by atoms with E-state index in [1.165, 1.54) is 19.3 Å². The molecule has 0 N–H and O–H groups in total. The summed E-state index contributed by atoms with van der Waals surface area (Å²) in [5.41, 5.74) is 2.06. The quantitative estimate of drug-likeness (QED) is 0.509. The Bertz CT molecular complexity index is 240. The van der Waals surface area contributed by atoms with Gasteiger partial charge in [0.25, 0.3) is 0 Å². The maximum atomic E-state index is 2.34. The van der Waals surface area contributed by atoms with Crippen LogP contribution in [0.5, 0.6) is 0 Å². The lowest BCUT2D eigenvalue weighted by atomic mass is 10.1. The van der Waals surface area contributed by atoms with Crippen LogP contribution in [0.15, 0.2) is 24.3 Å². The zero-order chi connectivity index (χ0) is 9.26. The first kappa shape index (κ1) is 9.34. The standard InChI is InChI=1S/C12H18P/c1-3-10-9-11(4-2)13(10)12-7-5-6-8-12/h5-8,10-11H,3-4,9H2,1-2H3/q-1/t10-,11-/m0/s1. The molecule has 1 aliphatic rings. The first-order valence-corrected chi connectivity index (χ1v) is 6.84. The molecule has 0 amide bonds. The monoisotopic (exact) mass is 193 g/mol. The molecule has 1 aromatic carbocycles. The fourth-order valence-electron chi connectivity index (χ4n) is 2.39. The van der Waals surface area contributed by atoms with Crippen LogP contribution in [0.3, 0.4) is 0 Å². The molecule has 1 saturated heterocycles. The van der Waals surface area contributed by atoms with E-state index in [0.717, 1.165) is 11.3 Å². The van der Waals surface area contributed by atoms with Crippen LogP contribution in [-0.4, -0.2) is 11.3 Å². The average Bonchev–Trinajstić information content (AvgIpc) is 2.57. The average molecular weight is 193 g/mol. The highest BCUT2D eigenvalue weighted by atomic mass is 31.1. The van der Waals surface area contributed by atoms with Crippen molar-refractivity contribution in [3.05, 3.63) is 24.3 Å². The highest BCUT2D eigenvalue weighted by Gasteiger charge is 2.35. The van der Waals surface area contributed by atoms with Gasteiger partial charge in [0.1, 0.15) is 0 Å². The van der Waals surface area contributed by atoms with Crippen molar-refractivity contribution >= 4 is 13.2 Å². The molecule has 1 heterocycles. The Morgan fingerprint density at radius 2 is 1.69 bits per heavy atom. The lowest BCUT2D eigenvalue weighted by Gasteiger charge is -2.48. The van der Waals surface area contributed by atoms with Crippen molar-refractivity contribution in [1.29, 1.82) is 0 Å². The van der Waals surface area contributed by atoms with E-state index in [9.17, 15) is 0 Å². The van der Waals surface area contributed by atoms with Gasteiger partial charge < -0.3 is 0 Å². The smallest absolute Gasteiger partial charge is 0.0269 e. The molecule has 0 bridgehead atoms. The van der Waals surface area contributed by atoms with E-state index in [0.29, 0.717) is 0 Å². The molecule has 0 aliphatic carbocycles. The van der Waals surface area contributed by atoms with Crippen LogP contribution < -0.4 is 5.30 Å². The molecule has 2 atom stereocenters. The second-order valence-electron chi connectivity index (χ2n) is 3.91. The van der Waals surface area contributed by atoms with Gasteiger partial charge in [0.05, 0.1) is 0 Å². The number of hydrogen-bond acceptors (Lipinski definition) is 0. The van der Waals surface area contributed by atoms with Gasteiger partial charge in [-0.3, -0.25) is 0 Å². The van der Waals surface area contributed by atoms with Crippen molar-refractivity contribution in [3.63, 3.8) is 0 Å². The second-order valence-corrected chi connectivity index (χ2v) is 6.70. The Morgan fingerprint density at radius 3 is 2.15 bits per heavy atom. The Hall–Kier alpha value is -0.220. The molecule has 0 spiro atoms. The maximum absolute atomic E-state index is 2.34. The Morgan fingerprint density at radius 1 is 1.15 bits per heavy atom. The Labute approximate surface area is 82.5 Å². The summed E-state index contributed by atoms with van der Waals surface area (Å²) in [4.78, 5) is 0. The molecular weight excluding hydrogens is 175 g/mol. The van der Waals surface area contributed by atoms with Crippen LogP contribution >= 0.6 is 7.92 Å². The molecule has 0 saturated carbocycles. The molecule has 0 unspecified atom stereocenters. The SMILES string of the molecule is CC[C@H]1C[C@H](CC)P1[c-]1cccc1. The highest BCUT2D eigenvalue weighted by molar-refractivity contribution is 7.68. The van der Waals surface area contributed by atoms with E-state index in [1.807, 2.05) is 0 Å². The van der Waals surface area contributed by atoms with Crippen LogP contribution in [0.2, 0.25) is 0 Å². The lowest BCUT2D eigenvalue weighted by Crippen LogP contribution is -2.33.